The second-order valence-electron chi connectivity index (χ2n) is 14.8. The number of aromatic nitrogens is 2. The fourth-order valence-corrected chi connectivity index (χ4v) is 9.31. The van der Waals surface area contributed by atoms with Gasteiger partial charge in [-0.05, 0) is 43.5 Å². The number of benzene rings is 6. The molecule has 1 N–H and O–H groups in total. The molecule has 0 unspecified atom stereocenters. The minimum Gasteiger partial charge on any atom is -0.358 e. The third-order valence-corrected chi connectivity index (χ3v) is 11.9. The number of aromatic amines is 1. The highest BCUT2D eigenvalue weighted by Crippen LogP contribution is 2.47. The number of hydrogen-bond donors (Lipinski definition) is 1. The molecule has 1 aliphatic heterocycles. The first-order valence-corrected chi connectivity index (χ1v) is 23.0. The number of nitrogens with one attached hydrogen (secondary N) is 1. The van der Waals surface area contributed by atoms with Gasteiger partial charge in [0.05, 0.1) is 18.4 Å². The van der Waals surface area contributed by atoms with Crippen molar-refractivity contribution in [2.24, 2.45) is 0 Å². The first kappa shape index (κ1) is 42.9. The molecule has 1 saturated heterocycles. The molecule has 0 aliphatic carbocycles. The third-order valence-electron chi connectivity index (χ3n) is 10.9. The molecule has 1 aromatic heterocycles. The van der Waals surface area contributed by atoms with Crippen LogP contribution in [-0.2, 0) is 39.7 Å². The van der Waals surface area contributed by atoms with Gasteiger partial charge in [0.25, 0.3) is 15.7 Å². The van der Waals surface area contributed by atoms with Gasteiger partial charge in [-0.15, -0.1) is 0 Å². The Balaban J connectivity index is 1.35. The SMILES string of the molecule is CS(=O)(=O)O[C@H]1[C@@H](OC(c2ccccc2)(c2ccccc2)c2ccccc2)[C@H](n2cc(C=CI)c(=O)[nH]c2=O)O[C@@H]1COC(c1ccccc1)(c1ccccc1)c1ccccc1. The van der Waals surface area contributed by atoms with Crippen LogP contribution < -0.4 is 11.2 Å². The van der Waals surface area contributed by atoms with Gasteiger partial charge in [-0.2, -0.15) is 8.42 Å². The van der Waals surface area contributed by atoms with Crippen LogP contribution in [0.15, 0.2) is 202 Å². The van der Waals surface area contributed by atoms with Crippen molar-refractivity contribution >= 4 is 38.8 Å². The molecular formula is C50H43IN2O8S. The van der Waals surface area contributed by atoms with Crippen molar-refractivity contribution in [1.29, 1.82) is 0 Å². The Labute approximate surface area is 373 Å². The number of ether oxygens (including phenoxy) is 3. The molecule has 1 aliphatic rings. The molecule has 0 saturated carbocycles. The summed E-state index contributed by atoms with van der Waals surface area (Å²) in [5.41, 5.74) is 0.678. The molecule has 0 spiro atoms. The number of rotatable bonds is 15. The fraction of sp³-hybridized carbons (Fsp3) is 0.160. The second-order valence-corrected chi connectivity index (χ2v) is 17.1. The van der Waals surface area contributed by atoms with Crippen molar-refractivity contribution in [2.45, 2.75) is 35.7 Å². The zero-order valence-corrected chi connectivity index (χ0v) is 36.5. The highest BCUT2D eigenvalue weighted by molar-refractivity contribution is 14.1. The molecule has 4 atom stereocenters. The van der Waals surface area contributed by atoms with Crippen LogP contribution in [-0.4, -0.2) is 49.1 Å². The van der Waals surface area contributed by atoms with E-state index < -0.39 is 57.1 Å². The molecule has 62 heavy (non-hydrogen) atoms. The largest absolute Gasteiger partial charge is 0.358 e. The normalized spacial score (nSPS) is 18.2. The smallest absolute Gasteiger partial charge is 0.330 e. The van der Waals surface area contributed by atoms with Crippen molar-refractivity contribution in [2.75, 3.05) is 12.9 Å². The van der Waals surface area contributed by atoms with Crippen molar-refractivity contribution in [3.05, 3.63) is 252 Å². The van der Waals surface area contributed by atoms with E-state index in [4.69, 9.17) is 18.4 Å². The van der Waals surface area contributed by atoms with Crippen molar-refractivity contribution < 1.29 is 26.8 Å². The molecular weight excluding hydrogens is 916 g/mol. The molecule has 1 fully saturated rings. The molecule has 314 valence electrons. The third kappa shape index (κ3) is 8.67. The van der Waals surface area contributed by atoms with E-state index in [1.807, 2.05) is 205 Å². The van der Waals surface area contributed by atoms with Gasteiger partial charge < -0.3 is 14.2 Å². The van der Waals surface area contributed by atoms with Gasteiger partial charge in [0.15, 0.2) is 6.23 Å². The minimum atomic E-state index is -4.25. The molecule has 0 bridgehead atoms. The summed E-state index contributed by atoms with van der Waals surface area (Å²) < 4.78 is 57.7. The molecule has 10 nitrogen and oxygen atoms in total. The van der Waals surface area contributed by atoms with Crippen molar-refractivity contribution in [1.82, 2.24) is 9.55 Å². The van der Waals surface area contributed by atoms with Crippen LogP contribution >= 0.6 is 22.6 Å². The average molecular weight is 959 g/mol. The Morgan fingerprint density at radius 2 is 1.02 bits per heavy atom. The van der Waals surface area contributed by atoms with Gasteiger partial charge in [-0.3, -0.25) is 18.5 Å². The lowest BCUT2D eigenvalue weighted by atomic mass is 9.79. The molecule has 12 heteroatoms. The summed E-state index contributed by atoms with van der Waals surface area (Å²) in [6.45, 7) is -0.247. The maximum atomic E-state index is 14.0. The first-order valence-electron chi connectivity index (χ1n) is 19.9. The summed E-state index contributed by atoms with van der Waals surface area (Å²) >= 11 is 1.99. The summed E-state index contributed by atoms with van der Waals surface area (Å²) in [6, 6.07) is 57.9. The lowest BCUT2D eigenvalue weighted by molar-refractivity contribution is -0.123. The zero-order chi connectivity index (χ0) is 43.2. The van der Waals surface area contributed by atoms with E-state index in [0.29, 0.717) is 16.7 Å². The maximum Gasteiger partial charge on any atom is 0.330 e. The van der Waals surface area contributed by atoms with Crippen LogP contribution in [0.3, 0.4) is 0 Å². The van der Waals surface area contributed by atoms with E-state index in [0.717, 1.165) is 22.9 Å². The number of halogens is 1. The van der Waals surface area contributed by atoms with Gasteiger partial charge in [0.1, 0.15) is 29.5 Å². The summed E-state index contributed by atoms with van der Waals surface area (Å²) in [7, 11) is -4.25. The van der Waals surface area contributed by atoms with Crippen LogP contribution in [0.2, 0.25) is 0 Å². The highest BCUT2D eigenvalue weighted by Gasteiger charge is 2.55. The summed E-state index contributed by atoms with van der Waals surface area (Å²) in [5.74, 6) is 0. The monoisotopic (exact) mass is 958 g/mol. The maximum absolute atomic E-state index is 14.0. The van der Waals surface area contributed by atoms with E-state index in [9.17, 15) is 18.0 Å². The van der Waals surface area contributed by atoms with Crippen molar-refractivity contribution in [3.63, 3.8) is 0 Å². The van der Waals surface area contributed by atoms with Gasteiger partial charge in [-0.25, -0.2) is 4.79 Å². The predicted molar refractivity (Wildman–Crippen MR) is 247 cm³/mol. The Hall–Kier alpha value is -5.74. The Kier molecular flexibility index (Phi) is 13.0. The predicted octanol–water partition coefficient (Wildman–Crippen LogP) is 8.57. The van der Waals surface area contributed by atoms with Gasteiger partial charge in [0, 0.05) is 6.20 Å². The number of hydrogen-bond acceptors (Lipinski definition) is 8. The van der Waals surface area contributed by atoms with Gasteiger partial charge in [0.2, 0.25) is 0 Å². The Bertz CT molecular complexity index is 2630. The lowest BCUT2D eigenvalue weighted by Gasteiger charge is -2.40. The average Bonchev–Trinajstić information content (AvgIpc) is 3.62. The Morgan fingerprint density at radius 1 is 0.629 bits per heavy atom. The number of H-pyrrole nitrogens is 1. The number of nitrogens with zero attached hydrogens (tertiary/aromatic N) is 1. The molecule has 8 rings (SSSR count). The molecule has 0 amide bonds. The summed E-state index contributed by atoms with van der Waals surface area (Å²) in [5, 5.41) is 0. The van der Waals surface area contributed by atoms with Gasteiger partial charge in [-0.1, -0.05) is 205 Å². The summed E-state index contributed by atoms with van der Waals surface area (Å²) in [6.07, 6.45) is -1.40. The first-order chi connectivity index (χ1) is 30.1. The van der Waals surface area contributed by atoms with Crippen LogP contribution in [0.25, 0.3) is 6.08 Å². The quantitative estimate of drug-likeness (QED) is 0.0616. The molecule has 2 heterocycles. The van der Waals surface area contributed by atoms with E-state index in [2.05, 4.69) is 4.98 Å². The molecule has 7 aromatic rings. The van der Waals surface area contributed by atoms with Crippen LogP contribution in [0, 0.1) is 0 Å². The molecule has 0 radical (unpaired) electrons. The van der Waals surface area contributed by atoms with E-state index in [1.54, 1.807) is 10.2 Å². The highest BCUT2D eigenvalue weighted by atomic mass is 127. The van der Waals surface area contributed by atoms with E-state index >= 15 is 0 Å². The fourth-order valence-electron chi connectivity index (χ4n) is 8.29. The lowest BCUT2D eigenvalue weighted by Crippen LogP contribution is -2.47. The Morgan fingerprint density at radius 3 is 1.39 bits per heavy atom. The molecule has 6 aromatic carbocycles. The summed E-state index contributed by atoms with van der Waals surface area (Å²) in [4.78, 5) is 29.5. The van der Waals surface area contributed by atoms with E-state index in [-0.39, 0.29) is 12.2 Å². The minimum absolute atomic E-state index is 0.165. The standard InChI is InChI=1S/C50H43IN2O8S/c1-62(56,57)61-44-43(35-58-49(37-20-8-2-9-21-37,38-22-10-3-11-23-38)39-24-12-4-13-25-39)59-47(53-34-36(32-33-51)46(54)52-48(53)55)45(44)60-50(40-26-14-5-15-27-40,41-28-16-6-17-29-41)42-30-18-7-19-31-42/h2-34,43-45,47H,35H2,1H3,(H,52,54,55)/t43-,44-,45-,47-/m1/s1. The van der Waals surface area contributed by atoms with Crippen LogP contribution in [0.5, 0.6) is 0 Å². The topological polar surface area (TPSA) is 126 Å². The second kappa shape index (κ2) is 18.7. The zero-order valence-electron chi connectivity index (χ0n) is 33.6. The van der Waals surface area contributed by atoms with Crippen molar-refractivity contribution in [3.8, 4) is 0 Å². The van der Waals surface area contributed by atoms with Crippen LogP contribution in [0.1, 0.15) is 45.2 Å². The van der Waals surface area contributed by atoms with Gasteiger partial charge >= 0.3 is 5.69 Å². The van der Waals surface area contributed by atoms with E-state index in [1.165, 1.54) is 10.8 Å². The van der Waals surface area contributed by atoms with Crippen LogP contribution in [0.4, 0.5) is 0 Å².